The lowest BCUT2D eigenvalue weighted by Crippen LogP contribution is -2.10. The normalized spacial score (nSPS) is 9.45. The van der Waals surface area contributed by atoms with E-state index in [0.717, 1.165) is 11.3 Å². The number of hydrogen-bond acceptors (Lipinski definition) is 4. The SMILES string of the molecule is N=C(N)c1cnc(C(N)=O)s1. The molecule has 0 atom stereocenters. The molecule has 0 saturated heterocycles. The van der Waals surface area contributed by atoms with Gasteiger partial charge in [-0.15, -0.1) is 11.3 Å². The van der Waals surface area contributed by atoms with Crippen LogP contribution in [0.5, 0.6) is 0 Å². The summed E-state index contributed by atoms with van der Waals surface area (Å²) in [5, 5.41) is 7.16. The van der Waals surface area contributed by atoms with Crippen LogP contribution in [0.3, 0.4) is 0 Å². The number of amidine groups is 1. The molecule has 0 aliphatic carbocycles. The van der Waals surface area contributed by atoms with E-state index >= 15 is 0 Å². The van der Waals surface area contributed by atoms with E-state index in [2.05, 4.69) is 4.98 Å². The predicted octanol–water partition coefficient (Wildman–Crippen LogP) is -0.474. The highest BCUT2D eigenvalue weighted by Gasteiger charge is 2.07. The Labute approximate surface area is 66.5 Å². The number of hydrogen-bond donors (Lipinski definition) is 3. The molecule has 11 heavy (non-hydrogen) atoms. The summed E-state index contributed by atoms with van der Waals surface area (Å²) in [5.41, 5.74) is 10.1. The average molecular weight is 170 g/mol. The van der Waals surface area contributed by atoms with Crippen LogP contribution in [0.4, 0.5) is 0 Å². The van der Waals surface area contributed by atoms with Crippen molar-refractivity contribution in [2.75, 3.05) is 0 Å². The van der Waals surface area contributed by atoms with Crippen LogP contribution in [0.1, 0.15) is 14.7 Å². The fourth-order valence-electron chi connectivity index (χ4n) is 0.513. The Morgan fingerprint density at radius 3 is 2.55 bits per heavy atom. The van der Waals surface area contributed by atoms with Crippen molar-refractivity contribution in [3.05, 3.63) is 16.1 Å². The maximum Gasteiger partial charge on any atom is 0.277 e. The van der Waals surface area contributed by atoms with Crippen LogP contribution in [0.15, 0.2) is 6.20 Å². The van der Waals surface area contributed by atoms with Gasteiger partial charge in [0.05, 0.1) is 4.88 Å². The number of nitrogen functional groups attached to an aromatic ring is 1. The molecule has 0 aliphatic rings. The van der Waals surface area contributed by atoms with Gasteiger partial charge in [-0.2, -0.15) is 0 Å². The van der Waals surface area contributed by atoms with Gasteiger partial charge in [0.25, 0.3) is 5.91 Å². The number of carbonyl (C=O) groups is 1. The molecule has 0 radical (unpaired) electrons. The topological polar surface area (TPSA) is 106 Å². The number of carbonyl (C=O) groups excluding carboxylic acids is 1. The fraction of sp³-hybridized carbons (Fsp3) is 0. The van der Waals surface area contributed by atoms with Crippen molar-refractivity contribution in [3.8, 4) is 0 Å². The Bertz CT molecular complexity index is 277. The molecule has 0 fully saturated rings. The minimum Gasteiger partial charge on any atom is -0.383 e. The molecular weight excluding hydrogens is 164 g/mol. The maximum absolute atomic E-state index is 10.5. The van der Waals surface area contributed by atoms with Crippen LogP contribution in [0, 0.1) is 5.41 Å². The third kappa shape index (κ3) is 1.53. The zero-order chi connectivity index (χ0) is 8.43. The molecular formula is C5H6N4OS. The summed E-state index contributed by atoms with van der Waals surface area (Å²) in [6, 6.07) is 0. The number of nitrogens with two attached hydrogens (primary N) is 2. The van der Waals surface area contributed by atoms with Gasteiger partial charge in [-0.1, -0.05) is 0 Å². The molecule has 5 N–H and O–H groups in total. The molecule has 0 unspecified atom stereocenters. The van der Waals surface area contributed by atoms with Gasteiger partial charge in [0.15, 0.2) is 5.01 Å². The van der Waals surface area contributed by atoms with Gasteiger partial charge < -0.3 is 11.5 Å². The van der Waals surface area contributed by atoms with Crippen molar-refractivity contribution >= 4 is 23.1 Å². The number of amides is 1. The fourth-order valence-corrected chi connectivity index (χ4v) is 1.14. The van der Waals surface area contributed by atoms with E-state index in [4.69, 9.17) is 16.9 Å². The van der Waals surface area contributed by atoms with Crippen molar-refractivity contribution < 1.29 is 4.79 Å². The van der Waals surface area contributed by atoms with Crippen LogP contribution < -0.4 is 11.5 Å². The molecule has 1 aromatic heterocycles. The monoisotopic (exact) mass is 170 g/mol. The lowest BCUT2D eigenvalue weighted by molar-refractivity contribution is 0.1000. The zero-order valence-electron chi connectivity index (χ0n) is 5.50. The summed E-state index contributed by atoms with van der Waals surface area (Å²) in [6.07, 6.45) is 1.35. The Hall–Kier alpha value is -1.43. The first-order valence-electron chi connectivity index (χ1n) is 2.71. The molecule has 0 aromatic carbocycles. The van der Waals surface area contributed by atoms with Gasteiger partial charge in [-0.3, -0.25) is 10.2 Å². The minimum atomic E-state index is -0.595. The zero-order valence-corrected chi connectivity index (χ0v) is 6.31. The molecule has 1 aromatic rings. The van der Waals surface area contributed by atoms with E-state index in [1.807, 2.05) is 0 Å². The lowest BCUT2D eigenvalue weighted by Gasteiger charge is -1.85. The number of aromatic nitrogens is 1. The van der Waals surface area contributed by atoms with Gasteiger partial charge in [0.1, 0.15) is 5.84 Å². The Morgan fingerprint density at radius 2 is 2.27 bits per heavy atom. The van der Waals surface area contributed by atoms with Gasteiger partial charge in [0, 0.05) is 6.20 Å². The van der Waals surface area contributed by atoms with Gasteiger partial charge in [0.2, 0.25) is 0 Å². The third-order valence-corrected chi connectivity index (χ3v) is 2.03. The van der Waals surface area contributed by atoms with Crippen molar-refractivity contribution in [1.82, 2.24) is 4.98 Å². The van der Waals surface area contributed by atoms with Crippen molar-refractivity contribution in [3.63, 3.8) is 0 Å². The Balaban J connectivity index is 2.99. The quantitative estimate of drug-likeness (QED) is 0.412. The third-order valence-electron chi connectivity index (χ3n) is 0.982. The summed E-state index contributed by atoms with van der Waals surface area (Å²) in [5.74, 6) is -0.697. The predicted molar refractivity (Wildman–Crippen MR) is 41.6 cm³/mol. The second-order valence-electron chi connectivity index (χ2n) is 1.81. The number of nitrogens with one attached hydrogen (secondary N) is 1. The highest BCUT2D eigenvalue weighted by molar-refractivity contribution is 7.15. The highest BCUT2D eigenvalue weighted by atomic mass is 32.1. The molecule has 5 nitrogen and oxygen atoms in total. The first-order chi connectivity index (χ1) is 5.11. The molecule has 0 bridgehead atoms. The van der Waals surface area contributed by atoms with E-state index in [1.54, 1.807) is 0 Å². The van der Waals surface area contributed by atoms with Crippen molar-refractivity contribution in [2.24, 2.45) is 11.5 Å². The summed E-state index contributed by atoms with van der Waals surface area (Å²) in [4.78, 5) is 14.6. The smallest absolute Gasteiger partial charge is 0.277 e. The van der Waals surface area contributed by atoms with Gasteiger partial charge >= 0.3 is 0 Å². The summed E-state index contributed by atoms with van der Waals surface area (Å²) in [7, 11) is 0. The van der Waals surface area contributed by atoms with Crippen molar-refractivity contribution in [1.29, 1.82) is 5.41 Å². The molecule has 58 valence electrons. The van der Waals surface area contributed by atoms with E-state index in [-0.39, 0.29) is 10.8 Å². The second kappa shape index (κ2) is 2.67. The minimum absolute atomic E-state index is 0.102. The number of thiazole rings is 1. The number of nitrogens with zero attached hydrogens (tertiary/aromatic N) is 1. The summed E-state index contributed by atoms with van der Waals surface area (Å²) >= 11 is 1.01. The van der Waals surface area contributed by atoms with Crippen molar-refractivity contribution in [2.45, 2.75) is 0 Å². The van der Waals surface area contributed by atoms with E-state index in [9.17, 15) is 4.79 Å². The molecule has 0 saturated carbocycles. The largest absolute Gasteiger partial charge is 0.383 e. The summed E-state index contributed by atoms with van der Waals surface area (Å²) in [6.45, 7) is 0. The van der Waals surface area contributed by atoms with Crippen LogP contribution in [0.25, 0.3) is 0 Å². The summed E-state index contributed by atoms with van der Waals surface area (Å²) < 4.78 is 0. The van der Waals surface area contributed by atoms with E-state index in [0.29, 0.717) is 4.88 Å². The molecule has 0 spiro atoms. The first kappa shape index (κ1) is 7.67. The van der Waals surface area contributed by atoms with Crippen LogP contribution >= 0.6 is 11.3 Å². The second-order valence-corrected chi connectivity index (χ2v) is 2.84. The number of rotatable bonds is 2. The lowest BCUT2D eigenvalue weighted by atomic mass is 10.5. The maximum atomic E-state index is 10.5. The van der Waals surface area contributed by atoms with E-state index in [1.165, 1.54) is 6.20 Å². The Morgan fingerprint density at radius 1 is 1.64 bits per heavy atom. The van der Waals surface area contributed by atoms with Gasteiger partial charge in [-0.05, 0) is 0 Å². The van der Waals surface area contributed by atoms with Crippen LogP contribution in [-0.4, -0.2) is 16.7 Å². The van der Waals surface area contributed by atoms with Gasteiger partial charge in [-0.25, -0.2) is 4.98 Å². The number of primary amides is 1. The first-order valence-corrected chi connectivity index (χ1v) is 3.53. The standard InChI is InChI=1S/C5H6N4OS/c6-3(7)2-1-9-5(11-2)4(8)10/h1H,(H3,6,7)(H2,8,10). The molecule has 1 rings (SSSR count). The average Bonchev–Trinajstić information content (AvgIpc) is 2.33. The van der Waals surface area contributed by atoms with E-state index < -0.39 is 5.91 Å². The molecule has 1 heterocycles. The Kier molecular flexibility index (Phi) is 1.86. The molecule has 1 amide bonds. The van der Waals surface area contributed by atoms with Crippen LogP contribution in [0.2, 0.25) is 0 Å². The molecule has 6 heteroatoms. The molecule has 0 aliphatic heterocycles. The highest BCUT2D eigenvalue weighted by Crippen LogP contribution is 2.10. The van der Waals surface area contributed by atoms with Crippen LogP contribution in [-0.2, 0) is 0 Å².